The Morgan fingerprint density at radius 2 is 1.78 bits per heavy atom. The molecular formula is C31H27N3O6S. The van der Waals surface area contributed by atoms with Crippen LogP contribution in [-0.4, -0.2) is 52.8 Å². The smallest absolute Gasteiger partial charge is 0.337 e. The minimum absolute atomic E-state index is 0.0187. The number of thioether (sulfide) groups is 1. The molecule has 208 valence electrons. The van der Waals surface area contributed by atoms with Crippen molar-refractivity contribution in [1.82, 2.24) is 9.47 Å². The number of imide groups is 1. The summed E-state index contributed by atoms with van der Waals surface area (Å²) in [7, 11) is 1.31. The molecule has 0 aliphatic carbocycles. The summed E-state index contributed by atoms with van der Waals surface area (Å²) in [6, 6.07) is 21.5. The van der Waals surface area contributed by atoms with Crippen LogP contribution in [0.5, 0.6) is 5.75 Å². The van der Waals surface area contributed by atoms with E-state index in [1.54, 1.807) is 41.1 Å². The Balaban J connectivity index is 1.28. The number of anilines is 1. The van der Waals surface area contributed by atoms with Crippen LogP contribution in [0, 0.1) is 6.92 Å². The third kappa shape index (κ3) is 6.33. The lowest BCUT2D eigenvalue weighted by Gasteiger charge is -2.13. The van der Waals surface area contributed by atoms with Crippen molar-refractivity contribution >= 4 is 57.5 Å². The van der Waals surface area contributed by atoms with Crippen LogP contribution in [0.4, 0.5) is 10.5 Å². The number of hydrogen-bond acceptors (Lipinski definition) is 7. The van der Waals surface area contributed by atoms with Gasteiger partial charge in [0.2, 0.25) is 5.91 Å². The zero-order valence-electron chi connectivity index (χ0n) is 22.5. The first-order valence-electron chi connectivity index (χ1n) is 12.8. The second-order valence-electron chi connectivity index (χ2n) is 9.34. The fourth-order valence-corrected chi connectivity index (χ4v) is 5.33. The van der Waals surface area contributed by atoms with E-state index in [2.05, 4.69) is 5.32 Å². The van der Waals surface area contributed by atoms with Crippen LogP contribution >= 0.6 is 11.8 Å². The number of nitrogens with one attached hydrogen (secondary N) is 1. The molecule has 0 unspecified atom stereocenters. The van der Waals surface area contributed by atoms with E-state index in [-0.39, 0.29) is 36.7 Å². The van der Waals surface area contributed by atoms with Crippen LogP contribution in [-0.2, 0) is 20.9 Å². The minimum Gasteiger partial charge on any atom is -0.492 e. The Kier molecular flexibility index (Phi) is 8.21. The number of methoxy groups -OCH3 is 1. The maximum Gasteiger partial charge on any atom is 0.337 e. The molecular weight excluding hydrogens is 542 g/mol. The minimum atomic E-state index is -0.456. The first kappa shape index (κ1) is 27.7. The van der Waals surface area contributed by atoms with Gasteiger partial charge >= 0.3 is 5.97 Å². The van der Waals surface area contributed by atoms with Gasteiger partial charge in [-0.1, -0.05) is 30.3 Å². The van der Waals surface area contributed by atoms with Gasteiger partial charge in [0.05, 0.1) is 24.1 Å². The van der Waals surface area contributed by atoms with Gasteiger partial charge in [-0.25, -0.2) is 4.79 Å². The molecule has 41 heavy (non-hydrogen) atoms. The molecule has 4 aromatic rings. The van der Waals surface area contributed by atoms with Crippen LogP contribution in [0.15, 0.2) is 83.9 Å². The lowest BCUT2D eigenvalue weighted by Crippen LogP contribution is -2.32. The molecule has 2 heterocycles. The Morgan fingerprint density at radius 3 is 2.54 bits per heavy atom. The summed E-state index contributed by atoms with van der Waals surface area (Å²) in [6.07, 6.45) is 3.48. The topological polar surface area (TPSA) is 107 Å². The number of ether oxygens (including phenoxy) is 2. The Labute approximate surface area is 240 Å². The van der Waals surface area contributed by atoms with Crippen molar-refractivity contribution in [3.8, 4) is 5.75 Å². The molecule has 0 saturated carbocycles. The number of amides is 3. The zero-order chi connectivity index (χ0) is 28.9. The second-order valence-corrected chi connectivity index (χ2v) is 10.3. The van der Waals surface area contributed by atoms with Crippen LogP contribution in [0.1, 0.15) is 21.5 Å². The molecule has 5 rings (SSSR count). The molecule has 3 amide bonds. The number of rotatable bonds is 9. The number of aromatic nitrogens is 1. The number of aryl methyl sites for hydroxylation is 1. The zero-order valence-corrected chi connectivity index (χ0v) is 23.3. The largest absolute Gasteiger partial charge is 0.492 e. The number of benzene rings is 3. The molecule has 9 nitrogen and oxygen atoms in total. The summed E-state index contributed by atoms with van der Waals surface area (Å²) in [5.74, 6) is -0.417. The lowest BCUT2D eigenvalue weighted by molar-refractivity contribution is -0.123. The first-order valence-corrected chi connectivity index (χ1v) is 13.6. The van der Waals surface area contributed by atoms with Crippen molar-refractivity contribution < 1.29 is 28.7 Å². The molecule has 1 fully saturated rings. The fraction of sp³-hybridized carbons (Fsp3) is 0.161. The predicted molar refractivity (Wildman–Crippen MR) is 158 cm³/mol. The summed E-state index contributed by atoms with van der Waals surface area (Å²) in [5.41, 5.74) is 3.51. The maximum absolute atomic E-state index is 13.1. The molecule has 1 aliphatic rings. The van der Waals surface area contributed by atoms with E-state index in [9.17, 15) is 19.2 Å². The van der Waals surface area contributed by atoms with Gasteiger partial charge in [0, 0.05) is 28.4 Å². The average molecular weight is 570 g/mol. The maximum atomic E-state index is 13.1. The third-order valence-corrected chi connectivity index (χ3v) is 7.36. The van der Waals surface area contributed by atoms with Crippen molar-refractivity contribution in [2.24, 2.45) is 0 Å². The van der Waals surface area contributed by atoms with Gasteiger partial charge in [-0.2, -0.15) is 0 Å². The molecule has 1 saturated heterocycles. The van der Waals surface area contributed by atoms with E-state index in [1.165, 1.54) is 12.0 Å². The van der Waals surface area contributed by atoms with Gasteiger partial charge in [0.25, 0.3) is 11.1 Å². The number of carbonyl (C=O) groups excluding carboxylic acids is 4. The monoisotopic (exact) mass is 569 g/mol. The summed E-state index contributed by atoms with van der Waals surface area (Å²) < 4.78 is 12.2. The van der Waals surface area contributed by atoms with Crippen molar-refractivity contribution in [2.75, 3.05) is 25.6 Å². The average Bonchev–Trinajstić information content (AvgIpc) is 3.44. The quantitative estimate of drug-likeness (QED) is 0.210. The normalized spacial score (nSPS) is 14.1. The second kappa shape index (κ2) is 12.1. The SMILES string of the molecule is COC(=O)c1ccc(NC(=O)Cn2cc(/C=C3\SC(=O)N(CCOc4cccc(C)c4)C3=O)c3ccccc32)cc1. The van der Waals surface area contributed by atoms with Crippen molar-refractivity contribution in [3.63, 3.8) is 0 Å². The molecule has 1 aliphatic heterocycles. The molecule has 3 aromatic carbocycles. The van der Waals surface area contributed by atoms with Gasteiger partial charge in [0.1, 0.15) is 18.9 Å². The number of fused-ring (bicyclic) bond motifs is 1. The van der Waals surface area contributed by atoms with Gasteiger partial charge in [-0.05, 0) is 72.8 Å². The van der Waals surface area contributed by atoms with Crippen LogP contribution in [0.25, 0.3) is 17.0 Å². The standard InChI is InChI=1S/C31H27N3O6S/c1-20-6-5-7-24(16-20)40-15-14-34-29(36)27(41-31(34)38)17-22-18-33(26-9-4-3-8-25(22)26)19-28(35)32-23-12-10-21(11-13-23)30(37)39-2/h3-13,16-18H,14-15,19H2,1-2H3,(H,32,35)/b27-17-. The highest BCUT2D eigenvalue weighted by atomic mass is 32.2. The molecule has 10 heteroatoms. The van der Waals surface area contributed by atoms with E-state index in [0.29, 0.717) is 21.9 Å². The van der Waals surface area contributed by atoms with Crippen LogP contribution in [0.2, 0.25) is 0 Å². The molecule has 0 radical (unpaired) electrons. The Hall–Kier alpha value is -4.83. The Morgan fingerprint density at radius 1 is 1.00 bits per heavy atom. The van der Waals surface area contributed by atoms with E-state index < -0.39 is 5.97 Å². The van der Waals surface area contributed by atoms with Gasteiger partial charge in [-0.15, -0.1) is 0 Å². The van der Waals surface area contributed by atoms with Crippen molar-refractivity contribution in [1.29, 1.82) is 0 Å². The molecule has 0 bridgehead atoms. The highest BCUT2D eigenvalue weighted by Gasteiger charge is 2.35. The molecule has 1 aromatic heterocycles. The molecule has 0 spiro atoms. The lowest BCUT2D eigenvalue weighted by atomic mass is 10.1. The fourth-order valence-electron chi connectivity index (χ4n) is 4.48. The molecule has 1 N–H and O–H groups in total. The van der Waals surface area contributed by atoms with E-state index in [4.69, 9.17) is 9.47 Å². The molecule has 0 atom stereocenters. The number of carbonyl (C=O) groups is 4. The number of para-hydroxylation sites is 1. The predicted octanol–water partition coefficient (Wildman–Crippen LogP) is 5.49. The van der Waals surface area contributed by atoms with Crippen LogP contribution in [0.3, 0.4) is 0 Å². The number of nitrogens with zero attached hydrogens (tertiary/aromatic N) is 2. The van der Waals surface area contributed by atoms with E-state index >= 15 is 0 Å². The number of hydrogen-bond donors (Lipinski definition) is 1. The number of esters is 1. The first-order chi connectivity index (χ1) is 19.8. The Bertz CT molecular complexity index is 1670. The highest BCUT2D eigenvalue weighted by Crippen LogP contribution is 2.34. The van der Waals surface area contributed by atoms with E-state index in [1.807, 2.05) is 55.5 Å². The third-order valence-electron chi connectivity index (χ3n) is 6.46. The van der Waals surface area contributed by atoms with E-state index in [0.717, 1.165) is 33.8 Å². The van der Waals surface area contributed by atoms with Gasteiger partial charge in [0.15, 0.2) is 0 Å². The summed E-state index contributed by atoms with van der Waals surface area (Å²) >= 11 is 0.885. The van der Waals surface area contributed by atoms with Crippen molar-refractivity contribution in [2.45, 2.75) is 13.5 Å². The van der Waals surface area contributed by atoms with Crippen LogP contribution < -0.4 is 10.1 Å². The summed E-state index contributed by atoms with van der Waals surface area (Å²) in [6.45, 7) is 2.31. The highest BCUT2D eigenvalue weighted by molar-refractivity contribution is 8.18. The summed E-state index contributed by atoms with van der Waals surface area (Å²) in [5, 5.41) is 3.32. The van der Waals surface area contributed by atoms with Gasteiger partial charge < -0.3 is 19.4 Å². The van der Waals surface area contributed by atoms with Crippen molar-refractivity contribution in [3.05, 3.63) is 101 Å². The van der Waals surface area contributed by atoms with Gasteiger partial charge in [-0.3, -0.25) is 19.3 Å². The summed E-state index contributed by atoms with van der Waals surface area (Å²) in [4.78, 5) is 51.7.